The third-order valence-corrected chi connectivity index (χ3v) is 6.32. The second-order valence-corrected chi connectivity index (χ2v) is 9.62. The van der Waals surface area contributed by atoms with E-state index in [-0.39, 0.29) is 11.8 Å². The van der Waals surface area contributed by atoms with E-state index in [1.807, 2.05) is 48.5 Å². The minimum Gasteiger partial charge on any atom is -0.481 e. The van der Waals surface area contributed by atoms with E-state index in [1.165, 1.54) is 11.1 Å². The molecule has 34 heavy (non-hydrogen) atoms. The van der Waals surface area contributed by atoms with Crippen LogP contribution in [-0.4, -0.2) is 60.0 Å². The molecule has 0 aromatic heterocycles. The minimum atomic E-state index is -0.580. The Morgan fingerprint density at radius 3 is 1.15 bits per heavy atom. The number of amides is 2. The van der Waals surface area contributed by atoms with Gasteiger partial charge in [-0.1, -0.05) is 52.0 Å². The summed E-state index contributed by atoms with van der Waals surface area (Å²) in [6.45, 7) is 14.1. The molecular formula is C28H38N2O4. The predicted molar refractivity (Wildman–Crippen MR) is 134 cm³/mol. The first-order valence-corrected chi connectivity index (χ1v) is 12.3. The van der Waals surface area contributed by atoms with Crippen LogP contribution in [0, 0.1) is 0 Å². The molecule has 1 heterocycles. The van der Waals surface area contributed by atoms with Crippen LogP contribution in [-0.2, 0) is 9.59 Å². The normalized spacial score (nSPS) is 15.9. The number of hydrogen-bond donors (Lipinski definition) is 0. The number of rotatable bonds is 8. The Hall–Kier alpha value is -3.02. The van der Waals surface area contributed by atoms with Gasteiger partial charge in [-0.15, -0.1) is 0 Å². The molecule has 1 saturated heterocycles. The number of carbonyl (C=O) groups is 2. The molecular weight excluding hydrogens is 428 g/mol. The van der Waals surface area contributed by atoms with Gasteiger partial charge in [-0.25, -0.2) is 0 Å². The maximum absolute atomic E-state index is 12.9. The van der Waals surface area contributed by atoms with E-state index >= 15 is 0 Å². The minimum absolute atomic E-state index is 0.0606. The van der Waals surface area contributed by atoms with E-state index in [2.05, 4.69) is 27.7 Å². The summed E-state index contributed by atoms with van der Waals surface area (Å²) >= 11 is 0. The molecule has 1 fully saturated rings. The lowest BCUT2D eigenvalue weighted by atomic mass is 10.0. The highest BCUT2D eigenvalue weighted by Gasteiger charge is 2.30. The molecule has 0 saturated carbocycles. The zero-order chi connectivity index (χ0) is 24.8. The first-order valence-electron chi connectivity index (χ1n) is 12.3. The van der Waals surface area contributed by atoms with Gasteiger partial charge < -0.3 is 19.3 Å². The largest absolute Gasteiger partial charge is 0.481 e. The van der Waals surface area contributed by atoms with E-state index in [0.717, 1.165) is 0 Å². The van der Waals surface area contributed by atoms with Gasteiger partial charge in [-0.2, -0.15) is 0 Å². The zero-order valence-corrected chi connectivity index (χ0v) is 21.3. The van der Waals surface area contributed by atoms with Gasteiger partial charge in [0.15, 0.2) is 12.2 Å². The van der Waals surface area contributed by atoms with Crippen LogP contribution in [0.3, 0.4) is 0 Å². The first kappa shape index (κ1) is 25.6. The third-order valence-electron chi connectivity index (χ3n) is 6.32. The van der Waals surface area contributed by atoms with Crippen molar-refractivity contribution in [3.8, 4) is 11.5 Å². The number of hydrogen-bond acceptors (Lipinski definition) is 4. The zero-order valence-electron chi connectivity index (χ0n) is 21.3. The van der Waals surface area contributed by atoms with E-state index in [1.54, 1.807) is 23.6 Å². The molecule has 184 valence electrons. The molecule has 0 bridgehead atoms. The summed E-state index contributed by atoms with van der Waals surface area (Å²) in [5.41, 5.74) is 2.47. The molecule has 0 aliphatic carbocycles. The van der Waals surface area contributed by atoms with Gasteiger partial charge in [0.05, 0.1) is 0 Å². The highest BCUT2D eigenvalue weighted by atomic mass is 16.5. The lowest BCUT2D eigenvalue weighted by Gasteiger charge is -2.36. The fourth-order valence-corrected chi connectivity index (χ4v) is 4.03. The number of nitrogens with zero attached hydrogens (tertiary/aromatic N) is 2. The van der Waals surface area contributed by atoms with E-state index in [9.17, 15) is 9.59 Å². The second-order valence-electron chi connectivity index (χ2n) is 9.62. The molecule has 2 atom stereocenters. The summed E-state index contributed by atoms with van der Waals surface area (Å²) in [6, 6.07) is 15.8. The van der Waals surface area contributed by atoms with Gasteiger partial charge in [0.2, 0.25) is 0 Å². The van der Waals surface area contributed by atoms with Crippen molar-refractivity contribution < 1.29 is 19.1 Å². The van der Waals surface area contributed by atoms with Gasteiger partial charge in [0, 0.05) is 26.2 Å². The van der Waals surface area contributed by atoms with Crippen molar-refractivity contribution in [2.24, 2.45) is 0 Å². The lowest BCUT2D eigenvalue weighted by Crippen LogP contribution is -2.55. The van der Waals surface area contributed by atoms with Crippen LogP contribution in [0.2, 0.25) is 0 Å². The molecule has 1 aliphatic rings. The molecule has 0 N–H and O–H groups in total. The van der Waals surface area contributed by atoms with E-state index < -0.39 is 12.2 Å². The van der Waals surface area contributed by atoms with Crippen molar-refractivity contribution in [1.82, 2.24) is 9.80 Å². The fourth-order valence-electron chi connectivity index (χ4n) is 4.03. The molecule has 2 amide bonds. The van der Waals surface area contributed by atoms with Crippen LogP contribution in [0.5, 0.6) is 11.5 Å². The second kappa shape index (κ2) is 11.4. The van der Waals surface area contributed by atoms with Crippen molar-refractivity contribution in [3.05, 3.63) is 59.7 Å². The van der Waals surface area contributed by atoms with Gasteiger partial charge >= 0.3 is 0 Å². The quantitative estimate of drug-likeness (QED) is 0.559. The summed E-state index contributed by atoms with van der Waals surface area (Å²) in [5.74, 6) is 2.15. The highest BCUT2D eigenvalue weighted by Crippen LogP contribution is 2.21. The molecule has 0 radical (unpaired) electrons. The Kier molecular flexibility index (Phi) is 8.59. The molecule has 0 spiro atoms. The van der Waals surface area contributed by atoms with Crippen LogP contribution < -0.4 is 9.47 Å². The Labute approximate surface area is 203 Å². The van der Waals surface area contributed by atoms with Crippen molar-refractivity contribution in [2.45, 2.75) is 65.6 Å². The van der Waals surface area contributed by atoms with Gasteiger partial charge in [-0.05, 0) is 61.1 Å². The molecule has 2 aromatic carbocycles. The Morgan fingerprint density at radius 1 is 0.588 bits per heavy atom. The Bertz CT molecular complexity index is 866. The van der Waals surface area contributed by atoms with Gasteiger partial charge in [0.1, 0.15) is 11.5 Å². The Morgan fingerprint density at radius 2 is 0.882 bits per heavy atom. The van der Waals surface area contributed by atoms with E-state index in [4.69, 9.17) is 9.47 Å². The summed E-state index contributed by atoms with van der Waals surface area (Å²) in [4.78, 5) is 29.3. The lowest BCUT2D eigenvalue weighted by molar-refractivity contribution is -0.146. The highest BCUT2D eigenvalue weighted by molar-refractivity contribution is 5.83. The van der Waals surface area contributed by atoms with Crippen LogP contribution in [0.15, 0.2) is 48.5 Å². The van der Waals surface area contributed by atoms with Crippen LogP contribution in [0.1, 0.15) is 64.5 Å². The molecule has 6 nitrogen and oxygen atoms in total. The van der Waals surface area contributed by atoms with E-state index in [0.29, 0.717) is 49.5 Å². The molecule has 2 aromatic rings. The molecule has 1 aliphatic heterocycles. The monoisotopic (exact) mass is 466 g/mol. The summed E-state index contributed by atoms with van der Waals surface area (Å²) in [6.07, 6.45) is -1.16. The van der Waals surface area contributed by atoms with Gasteiger partial charge in [-0.3, -0.25) is 9.59 Å². The van der Waals surface area contributed by atoms with Crippen molar-refractivity contribution >= 4 is 11.8 Å². The third kappa shape index (κ3) is 6.52. The van der Waals surface area contributed by atoms with Crippen LogP contribution in [0.25, 0.3) is 0 Å². The van der Waals surface area contributed by atoms with Gasteiger partial charge in [0.25, 0.3) is 11.8 Å². The van der Waals surface area contributed by atoms with Crippen LogP contribution in [0.4, 0.5) is 0 Å². The SMILES string of the molecule is CC(Oc1ccc(C(C)C)cc1)C(=O)N1CCN(C(=O)C(C)Oc2ccc(C(C)C)cc2)CC1. The average Bonchev–Trinajstić information content (AvgIpc) is 2.83. The summed E-state index contributed by atoms with van der Waals surface area (Å²) in [5, 5.41) is 0. The Balaban J connectivity index is 1.47. The molecule has 3 rings (SSSR count). The molecule has 6 heteroatoms. The average molecular weight is 467 g/mol. The predicted octanol–water partition coefficient (Wildman–Crippen LogP) is 4.84. The van der Waals surface area contributed by atoms with Crippen molar-refractivity contribution in [2.75, 3.05) is 26.2 Å². The first-order chi connectivity index (χ1) is 16.2. The van der Waals surface area contributed by atoms with Crippen molar-refractivity contribution in [1.29, 1.82) is 0 Å². The fraction of sp³-hybridized carbons (Fsp3) is 0.500. The van der Waals surface area contributed by atoms with Crippen LogP contribution >= 0.6 is 0 Å². The van der Waals surface area contributed by atoms with Crippen molar-refractivity contribution in [3.63, 3.8) is 0 Å². The standard InChI is InChI=1S/C28H38N2O4/c1-19(2)23-7-11-25(12-8-23)33-21(5)27(31)29-15-17-30(18-16-29)28(32)22(6)34-26-13-9-24(10-14-26)20(3)4/h7-14,19-22H,15-18H2,1-6H3. The number of ether oxygens (including phenoxy) is 2. The number of piperazine rings is 1. The number of carbonyl (C=O) groups excluding carboxylic acids is 2. The maximum atomic E-state index is 12.9. The number of benzene rings is 2. The summed E-state index contributed by atoms with van der Waals surface area (Å²) < 4.78 is 11.7. The smallest absolute Gasteiger partial charge is 0.263 e. The topological polar surface area (TPSA) is 59.1 Å². The maximum Gasteiger partial charge on any atom is 0.263 e. The summed E-state index contributed by atoms with van der Waals surface area (Å²) in [7, 11) is 0. The molecule has 2 unspecified atom stereocenters.